The molecule has 0 amide bonds. The van der Waals surface area contributed by atoms with E-state index < -0.39 is 0 Å². The SMILES string of the molecule is CCCC.C[N+](C)(C)C. The van der Waals surface area contributed by atoms with Gasteiger partial charge in [0.25, 0.3) is 0 Å². The van der Waals surface area contributed by atoms with Crippen molar-refractivity contribution in [3.05, 3.63) is 0 Å². The average molecular weight is 132 g/mol. The molecule has 0 N–H and O–H groups in total. The van der Waals surface area contributed by atoms with Crippen LogP contribution in [0.3, 0.4) is 0 Å². The molecule has 0 aromatic carbocycles. The van der Waals surface area contributed by atoms with E-state index in [4.69, 9.17) is 0 Å². The summed E-state index contributed by atoms with van der Waals surface area (Å²) in [6, 6.07) is 0. The van der Waals surface area contributed by atoms with Crippen molar-refractivity contribution in [2.75, 3.05) is 28.2 Å². The number of hydrogen-bond donors (Lipinski definition) is 0. The van der Waals surface area contributed by atoms with Gasteiger partial charge in [0.2, 0.25) is 0 Å². The van der Waals surface area contributed by atoms with Gasteiger partial charge in [0, 0.05) is 0 Å². The maximum absolute atomic E-state index is 2.18. The van der Waals surface area contributed by atoms with Gasteiger partial charge in [-0.3, -0.25) is 0 Å². The molecule has 1 nitrogen and oxygen atoms in total. The fourth-order valence-electron chi connectivity index (χ4n) is 0. The third-order valence-electron chi connectivity index (χ3n) is 0.500. The van der Waals surface area contributed by atoms with Crippen molar-refractivity contribution in [2.24, 2.45) is 0 Å². The second kappa shape index (κ2) is 6.09. The van der Waals surface area contributed by atoms with E-state index in [1.807, 2.05) is 0 Å². The lowest BCUT2D eigenvalue weighted by atomic mass is 10.4. The van der Waals surface area contributed by atoms with Crippen LogP contribution in [0.15, 0.2) is 0 Å². The predicted molar refractivity (Wildman–Crippen MR) is 44.5 cm³/mol. The van der Waals surface area contributed by atoms with Crippen LogP contribution in [-0.4, -0.2) is 32.7 Å². The Morgan fingerprint density at radius 2 is 0.889 bits per heavy atom. The van der Waals surface area contributed by atoms with Crippen LogP contribution < -0.4 is 0 Å². The van der Waals surface area contributed by atoms with E-state index >= 15 is 0 Å². The summed E-state index contributed by atoms with van der Waals surface area (Å²) in [7, 11) is 8.50. The van der Waals surface area contributed by atoms with E-state index in [0.717, 1.165) is 4.48 Å². The average Bonchev–Trinajstić information content (AvgIpc) is 1.61. The molecule has 0 fully saturated rings. The summed E-state index contributed by atoms with van der Waals surface area (Å²) < 4.78 is 1.00. The van der Waals surface area contributed by atoms with Crippen molar-refractivity contribution in [3.8, 4) is 0 Å². The highest BCUT2D eigenvalue weighted by molar-refractivity contribution is 4.12. The van der Waals surface area contributed by atoms with Gasteiger partial charge in [0.05, 0.1) is 28.2 Å². The Hall–Kier alpha value is -0.0400. The fraction of sp³-hybridized carbons (Fsp3) is 1.00. The van der Waals surface area contributed by atoms with Crippen LogP contribution in [0.1, 0.15) is 26.7 Å². The van der Waals surface area contributed by atoms with Gasteiger partial charge in [-0.25, -0.2) is 0 Å². The molecule has 9 heavy (non-hydrogen) atoms. The molecule has 0 aliphatic carbocycles. The van der Waals surface area contributed by atoms with Gasteiger partial charge in [-0.15, -0.1) is 0 Å². The van der Waals surface area contributed by atoms with Gasteiger partial charge in [-0.1, -0.05) is 26.7 Å². The smallest absolute Gasteiger partial charge is 0.0675 e. The van der Waals surface area contributed by atoms with Crippen molar-refractivity contribution in [3.63, 3.8) is 0 Å². The summed E-state index contributed by atoms with van der Waals surface area (Å²) in [5.74, 6) is 0. The van der Waals surface area contributed by atoms with Gasteiger partial charge in [-0.2, -0.15) is 0 Å². The number of unbranched alkanes of at least 4 members (excludes halogenated alkanes) is 1. The number of nitrogens with zero attached hydrogens (tertiary/aromatic N) is 1. The summed E-state index contributed by atoms with van der Waals surface area (Å²) in [6.45, 7) is 4.36. The molecule has 0 radical (unpaired) electrons. The zero-order chi connectivity index (χ0) is 7.91. The molecular weight excluding hydrogens is 110 g/mol. The molecule has 0 aromatic rings. The topological polar surface area (TPSA) is 0 Å². The summed E-state index contributed by atoms with van der Waals surface area (Å²) in [6.07, 6.45) is 2.64. The molecule has 0 rings (SSSR count). The quantitative estimate of drug-likeness (QED) is 0.479. The minimum atomic E-state index is 1.00. The molecule has 0 aliphatic rings. The van der Waals surface area contributed by atoms with Gasteiger partial charge < -0.3 is 4.48 Å². The Morgan fingerprint density at radius 3 is 0.889 bits per heavy atom. The van der Waals surface area contributed by atoms with Crippen molar-refractivity contribution >= 4 is 0 Å². The fourth-order valence-corrected chi connectivity index (χ4v) is 0. The number of hydrogen-bond acceptors (Lipinski definition) is 0. The zero-order valence-electron chi connectivity index (χ0n) is 7.86. The molecular formula is C8H22N+. The number of quaternary nitrogens is 1. The van der Waals surface area contributed by atoms with Gasteiger partial charge >= 0.3 is 0 Å². The van der Waals surface area contributed by atoms with Crippen LogP contribution in [0.5, 0.6) is 0 Å². The highest BCUT2D eigenvalue weighted by Gasteiger charge is 1.88. The Kier molecular flexibility index (Phi) is 7.92. The standard InChI is InChI=1S/C4H12N.C4H10/c1-5(2,3)4;1-3-4-2/h1-4H3;3-4H2,1-2H3/q+1;. The first-order valence-corrected chi connectivity index (χ1v) is 3.70. The molecule has 58 valence electrons. The van der Waals surface area contributed by atoms with Crippen LogP contribution >= 0.6 is 0 Å². The lowest BCUT2D eigenvalue weighted by Gasteiger charge is -2.14. The third-order valence-corrected chi connectivity index (χ3v) is 0.500. The van der Waals surface area contributed by atoms with E-state index in [1.165, 1.54) is 12.8 Å². The molecule has 0 heterocycles. The molecule has 0 atom stereocenters. The summed E-state index contributed by atoms with van der Waals surface area (Å²) in [5, 5.41) is 0. The van der Waals surface area contributed by atoms with Gasteiger partial charge in [0.1, 0.15) is 0 Å². The summed E-state index contributed by atoms with van der Waals surface area (Å²) in [4.78, 5) is 0. The molecule has 0 bridgehead atoms. The molecule has 1 heteroatoms. The van der Waals surface area contributed by atoms with Gasteiger partial charge in [-0.05, 0) is 0 Å². The Morgan fingerprint density at radius 1 is 0.778 bits per heavy atom. The maximum Gasteiger partial charge on any atom is 0.0675 e. The normalized spacial score (nSPS) is 10.0. The lowest BCUT2D eigenvalue weighted by Crippen LogP contribution is -2.27. The van der Waals surface area contributed by atoms with Crippen molar-refractivity contribution in [1.82, 2.24) is 0 Å². The monoisotopic (exact) mass is 132 g/mol. The second-order valence-corrected chi connectivity index (χ2v) is 3.68. The molecule has 0 aliphatic heterocycles. The van der Waals surface area contributed by atoms with E-state index in [2.05, 4.69) is 42.0 Å². The Bertz CT molecular complexity index is 35.0. The largest absolute Gasteiger partial charge is 0.333 e. The lowest BCUT2D eigenvalue weighted by molar-refractivity contribution is -0.849. The molecule has 0 saturated heterocycles. The van der Waals surface area contributed by atoms with Crippen LogP contribution in [-0.2, 0) is 0 Å². The summed E-state index contributed by atoms with van der Waals surface area (Å²) >= 11 is 0. The van der Waals surface area contributed by atoms with Crippen LogP contribution in [0.2, 0.25) is 0 Å². The van der Waals surface area contributed by atoms with Crippen LogP contribution in [0.25, 0.3) is 0 Å². The highest BCUT2D eigenvalue weighted by Crippen LogP contribution is 1.76. The maximum atomic E-state index is 2.18. The predicted octanol–water partition coefficient (Wildman–Crippen LogP) is 2.13. The molecule has 0 saturated carbocycles. The number of rotatable bonds is 1. The van der Waals surface area contributed by atoms with E-state index in [0.29, 0.717) is 0 Å². The van der Waals surface area contributed by atoms with E-state index in [9.17, 15) is 0 Å². The highest BCUT2D eigenvalue weighted by atomic mass is 15.2. The Labute approximate surface area is 60.3 Å². The summed E-state index contributed by atoms with van der Waals surface area (Å²) in [5.41, 5.74) is 0. The van der Waals surface area contributed by atoms with E-state index in [1.54, 1.807) is 0 Å². The van der Waals surface area contributed by atoms with Crippen molar-refractivity contribution in [1.29, 1.82) is 0 Å². The first kappa shape index (κ1) is 11.7. The first-order valence-electron chi connectivity index (χ1n) is 3.70. The van der Waals surface area contributed by atoms with Crippen LogP contribution in [0, 0.1) is 0 Å². The second-order valence-electron chi connectivity index (χ2n) is 3.68. The zero-order valence-corrected chi connectivity index (χ0v) is 7.86. The van der Waals surface area contributed by atoms with Crippen molar-refractivity contribution in [2.45, 2.75) is 26.7 Å². The first-order chi connectivity index (χ1) is 3.91. The minimum absolute atomic E-state index is 1.00. The van der Waals surface area contributed by atoms with Crippen LogP contribution in [0.4, 0.5) is 0 Å². The minimum Gasteiger partial charge on any atom is -0.333 e. The third kappa shape index (κ3) is 307. The molecule has 0 unspecified atom stereocenters. The molecule has 0 spiro atoms. The van der Waals surface area contributed by atoms with E-state index in [-0.39, 0.29) is 0 Å². The molecule has 0 aromatic heterocycles. The van der Waals surface area contributed by atoms with Crippen molar-refractivity contribution < 1.29 is 4.48 Å². The Balaban J connectivity index is 0. The van der Waals surface area contributed by atoms with Gasteiger partial charge in [0.15, 0.2) is 0 Å².